The molecule has 2 aromatic rings. The second-order valence-electron chi connectivity index (χ2n) is 5.77. The highest BCUT2D eigenvalue weighted by Crippen LogP contribution is 2.35. The van der Waals surface area contributed by atoms with Crippen molar-refractivity contribution in [1.82, 2.24) is 19.5 Å². The number of hydrogen-bond donors (Lipinski definition) is 3. The van der Waals surface area contributed by atoms with E-state index in [1.54, 1.807) is 21.7 Å². The molecule has 1 aliphatic rings. The molecule has 9 heteroatoms. The van der Waals surface area contributed by atoms with Crippen LogP contribution in [0.2, 0.25) is 0 Å². The van der Waals surface area contributed by atoms with Crippen LogP contribution in [0, 0.1) is 5.92 Å². The molecule has 124 valence electrons. The molecule has 0 spiro atoms. The molecular weight excluding hydrogens is 318 g/mol. The Hall–Kier alpha value is -1.84. The molecule has 0 amide bonds. The maximum atomic E-state index is 10.3. The first-order valence-electron chi connectivity index (χ1n) is 7.26. The Kier molecular flexibility index (Phi) is 4.42. The van der Waals surface area contributed by atoms with Gasteiger partial charge >= 0.3 is 0 Å². The molecule has 8 nitrogen and oxygen atoms in total. The van der Waals surface area contributed by atoms with Gasteiger partial charge in [-0.1, -0.05) is 13.8 Å². The van der Waals surface area contributed by atoms with E-state index in [-0.39, 0.29) is 5.82 Å². The molecule has 0 radical (unpaired) electrons. The van der Waals surface area contributed by atoms with Gasteiger partial charge in [0.2, 0.25) is 6.23 Å². The number of imidazole rings is 1. The first-order chi connectivity index (χ1) is 11.0. The van der Waals surface area contributed by atoms with E-state index in [9.17, 15) is 10.2 Å². The van der Waals surface area contributed by atoms with E-state index in [0.717, 1.165) is 5.75 Å². The second kappa shape index (κ2) is 6.34. The topological polar surface area (TPSA) is 119 Å². The molecule has 23 heavy (non-hydrogen) atoms. The van der Waals surface area contributed by atoms with Crippen molar-refractivity contribution in [3.05, 3.63) is 23.8 Å². The van der Waals surface area contributed by atoms with Gasteiger partial charge in [0.05, 0.1) is 0 Å². The van der Waals surface area contributed by atoms with Crippen LogP contribution in [0.4, 0.5) is 5.82 Å². The number of rotatable bonds is 4. The fraction of sp³-hybridized carbons (Fsp3) is 0.500. The van der Waals surface area contributed by atoms with E-state index in [1.807, 2.05) is 0 Å². The number of ether oxygens (including phenoxy) is 1. The molecule has 3 rings (SSSR count). The molecule has 1 fully saturated rings. The second-order valence-corrected chi connectivity index (χ2v) is 6.68. The summed E-state index contributed by atoms with van der Waals surface area (Å²) in [5.41, 5.74) is 6.64. The third-order valence-corrected chi connectivity index (χ3v) is 4.71. The molecule has 3 heterocycles. The summed E-state index contributed by atoms with van der Waals surface area (Å²) in [6, 6.07) is 0. The Bertz CT molecular complexity index is 732. The molecule has 0 aromatic carbocycles. The molecule has 4 N–H and O–H groups in total. The lowest BCUT2D eigenvalue weighted by atomic mass is 10.2. The van der Waals surface area contributed by atoms with Crippen molar-refractivity contribution in [3.8, 4) is 0 Å². The molecule has 0 bridgehead atoms. The third-order valence-electron chi connectivity index (χ3n) is 3.45. The number of aromatic nitrogens is 4. The zero-order chi connectivity index (χ0) is 16.6. The van der Waals surface area contributed by atoms with Gasteiger partial charge in [-0.05, 0) is 11.7 Å². The van der Waals surface area contributed by atoms with E-state index >= 15 is 0 Å². The van der Waals surface area contributed by atoms with Crippen LogP contribution in [-0.2, 0) is 4.74 Å². The van der Waals surface area contributed by atoms with Crippen molar-refractivity contribution in [2.75, 3.05) is 11.5 Å². The minimum absolute atomic E-state index is 0.255. The number of anilines is 1. The van der Waals surface area contributed by atoms with Crippen LogP contribution in [0.1, 0.15) is 20.1 Å². The number of aliphatic hydroxyl groups excluding tert-OH is 2. The van der Waals surface area contributed by atoms with Crippen molar-refractivity contribution in [3.63, 3.8) is 0 Å². The number of nitrogens with zero attached hydrogens (tertiary/aromatic N) is 4. The lowest BCUT2D eigenvalue weighted by Crippen LogP contribution is -2.27. The molecule has 3 atom stereocenters. The number of hydrogen-bond acceptors (Lipinski definition) is 8. The molecule has 1 aliphatic heterocycles. The van der Waals surface area contributed by atoms with Crippen molar-refractivity contribution >= 4 is 28.7 Å². The van der Waals surface area contributed by atoms with E-state index in [0.29, 0.717) is 22.8 Å². The Morgan fingerprint density at radius 3 is 2.91 bits per heavy atom. The zero-order valence-corrected chi connectivity index (χ0v) is 13.6. The third kappa shape index (κ3) is 2.99. The number of nitrogens with two attached hydrogens (primary N) is 1. The van der Waals surface area contributed by atoms with E-state index in [4.69, 9.17) is 10.5 Å². The highest BCUT2D eigenvalue weighted by atomic mass is 32.2. The fourth-order valence-corrected chi connectivity index (χ4v) is 3.14. The van der Waals surface area contributed by atoms with Crippen LogP contribution in [0.15, 0.2) is 23.8 Å². The first-order valence-corrected chi connectivity index (χ1v) is 8.31. The van der Waals surface area contributed by atoms with E-state index in [2.05, 4.69) is 28.8 Å². The molecule has 2 aromatic heterocycles. The van der Waals surface area contributed by atoms with E-state index in [1.165, 1.54) is 12.7 Å². The van der Waals surface area contributed by atoms with Crippen LogP contribution >= 0.6 is 11.8 Å². The summed E-state index contributed by atoms with van der Waals surface area (Å²) in [6.45, 7) is 4.22. The molecule has 0 saturated carbocycles. The average molecular weight is 337 g/mol. The summed E-state index contributed by atoms with van der Waals surface area (Å²) in [5.74, 6) is 2.02. The number of aliphatic hydroxyl groups is 2. The fourth-order valence-electron chi connectivity index (χ4n) is 2.30. The van der Waals surface area contributed by atoms with Crippen LogP contribution in [0.25, 0.3) is 11.2 Å². The maximum Gasteiger partial charge on any atom is 0.207 e. The summed E-state index contributed by atoms with van der Waals surface area (Å²) < 4.78 is 7.27. The van der Waals surface area contributed by atoms with Crippen LogP contribution in [-0.4, -0.2) is 47.7 Å². The summed E-state index contributed by atoms with van der Waals surface area (Å²) in [7, 11) is 0. The molecule has 0 aliphatic carbocycles. The van der Waals surface area contributed by atoms with Crippen molar-refractivity contribution in [2.45, 2.75) is 32.3 Å². The van der Waals surface area contributed by atoms with Gasteiger partial charge in [-0.15, -0.1) is 11.8 Å². The van der Waals surface area contributed by atoms with Crippen LogP contribution in [0.3, 0.4) is 0 Å². The number of fused-ring (bicyclic) bond motifs is 1. The Morgan fingerprint density at radius 2 is 2.17 bits per heavy atom. The zero-order valence-electron chi connectivity index (χ0n) is 12.8. The van der Waals surface area contributed by atoms with Gasteiger partial charge in [0.1, 0.15) is 36.1 Å². The lowest BCUT2D eigenvalue weighted by Gasteiger charge is -2.15. The van der Waals surface area contributed by atoms with Gasteiger partial charge in [0.15, 0.2) is 11.5 Å². The smallest absolute Gasteiger partial charge is 0.207 e. The predicted octanol–water partition coefficient (Wildman–Crippen LogP) is 0.890. The van der Waals surface area contributed by atoms with Gasteiger partial charge in [-0.2, -0.15) is 0 Å². The highest BCUT2D eigenvalue weighted by Gasteiger charge is 2.41. The molecular formula is C14H19N5O3S. The summed E-state index contributed by atoms with van der Waals surface area (Å²) in [5, 5.41) is 22.2. The minimum Gasteiger partial charge on any atom is -0.468 e. The van der Waals surface area contributed by atoms with Gasteiger partial charge < -0.3 is 20.7 Å². The lowest BCUT2D eigenvalue weighted by molar-refractivity contribution is -0.0118. The van der Waals surface area contributed by atoms with Gasteiger partial charge in [0, 0.05) is 5.41 Å². The normalized spacial score (nSPS) is 26.3. The summed E-state index contributed by atoms with van der Waals surface area (Å²) in [4.78, 5) is 12.2. The van der Waals surface area contributed by atoms with Crippen molar-refractivity contribution in [2.24, 2.45) is 5.92 Å². The Morgan fingerprint density at radius 1 is 1.39 bits per heavy atom. The van der Waals surface area contributed by atoms with Gasteiger partial charge in [0.25, 0.3) is 0 Å². The first kappa shape index (κ1) is 16.0. The average Bonchev–Trinajstić information content (AvgIpc) is 3.04. The Labute approximate surface area is 137 Å². The monoisotopic (exact) mass is 337 g/mol. The van der Waals surface area contributed by atoms with Crippen molar-refractivity contribution in [1.29, 1.82) is 0 Å². The van der Waals surface area contributed by atoms with Gasteiger partial charge in [-0.25, -0.2) is 15.0 Å². The van der Waals surface area contributed by atoms with Gasteiger partial charge in [-0.3, -0.25) is 4.57 Å². The quantitative estimate of drug-likeness (QED) is 0.752. The Balaban J connectivity index is 1.87. The van der Waals surface area contributed by atoms with E-state index < -0.39 is 18.4 Å². The summed E-state index contributed by atoms with van der Waals surface area (Å²) in [6.07, 6.45) is -0.218. The number of nitrogen functional groups attached to an aromatic ring is 1. The summed E-state index contributed by atoms with van der Waals surface area (Å²) >= 11 is 1.54. The van der Waals surface area contributed by atoms with Crippen LogP contribution in [0.5, 0.6) is 0 Å². The maximum absolute atomic E-state index is 10.3. The predicted molar refractivity (Wildman–Crippen MR) is 87.3 cm³/mol. The largest absolute Gasteiger partial charge is 0.468 e. The van der Waals surface area contributed by atoms with Crippen LogP contribution < -0.4 is 5.73 Å². The highest BCUT2D eigenvalue weighted by molar-refractivity contribution is 8.02. The minimum atomic E-state index is -1.12. The SMILES string of the molecule is CC(C)CS/C=C1\O[C@@H](n2cnc3c(N)ncnc32)[C@H](O)[C@@H]1O. The molecule has 0 unspecified atom stereocenters. The number of thioether (sulfide) groups is 1. The molecule has 1 saturated heterocycles. The van der Waals surface area contributed by atoms with Crippen molar-refractivity contribution < 1.29 is 14.9 Å². The standard InChI is InChI=1S/C14H19N5O3S/c1-7(2)3-23-4-8-10(20)11(21)14(22-8)19-6-18-9-12(15)16-5-17-13(9)19/h4-7,10-11,14,20-21H,3H2,1-2H3,(H2,15,16,17)/b8-4-/t10-,11-,14-/m1/s1.